The van der Waals surface area contributed by atoms with Crippen LogP contribution in [-0.2, 0) is 6.42 Å². The summed E-state index contributed by atoms with van der Waals surface area (Å²) in [6.07, 6.45) is 3.74. The average molecular weight is 256 g/mol. The molecule has 1 aliphatic heterocycles. The number of halogens is 1. The van der Waals surface area contributed by atoms with Crippen LogP contribution in [-0.4, -0.2) is 20.2 Å². The summed E-state index contributed by atoms with van der Waals surface area (Å²) in [5.41, 5.74) is 2.69. The van der Waals surface area contributed by atoms with Crippen LogP contribution in [0.1, 0.15) is 24.0 Å². The number of methoxy groups -OCH3 is 1. The third kappa shape index (κ3) is 3.90. The van der Waals surface area contributed by atoms with Crippen LogP contribution in [0.3, 0.4) is 0 Å². The zero-order chi connectivity index (χ0) is 11.4. The van der Waals surface area contributed by atoms with Gasteiger partial charge in [0.05, 0.1) is 7.11 Å². The zero-order valence-corrected chi connectivity index (χ0v) is 11.5. The molecule has 1 aromatic rings. The van der Waals surface area contributed by atoms with E-state index in [0.29, 0.717) is 0 Å². The molecule has 1 fully saturated rings. The van der Waals surface area contributed by atoms with Gasteiger partial charge in [-0.3, -0.25) is 0 Å². The monoisotopic (exact) mass is 255 g/mol. The molecule has 0 amide bonds. The van der Waals surface area contributed by atoms with Crippen LogP contribution in [0, 0.1) is 12.8 Å². The Morgan fingerprint density at radius 1 is 1.29 bits per heavy atom. The quantitative estimate of drug-likeness (QED) is 0.897. The lowest BCUT2D eigenvalue weighted by molar-refractivity contribution is 0.361. The van der Waals surface area contributed by atoms with Gasteiger partial charge in [0, 0.05) is 0 Å². The zero-order valence-electron chi connectivity index (χ0n) is 10.7. The van der Waals surface area contributed by atoms with Crippen molar-refractivity contribution < 1.29 is 4.74 Å². The maximum absolute atomic E-state index is 5.43. The van der Waals surface area contributed by atoms with Crippen molar-refractivity contribution in [2.45, 2.75) is 26.2 Å². The predicted molar refractivity (Wildman–Crippen MR) is 74.3 cm³/mol. The van der Waals surface area contributed by atoms with Gasteiger partial charge >= 0.3 is 0 Å². The van der Waals surface area contributed by atoms with Gasteiger partial charge in [-0.15, -0.1) is 12.4 Å². The van der Waals surface area contributed by atoms with Crippen LogP contribution in [0.5, 0.6) is 5.75 Å². The minimum absolute atomic E-state index is 0. The predicted octanol–water partition coefficient (Wildman–Crippen LogP) is 2.97. The second kappa shape index (κ2) is 6.87. The Labute approximate surface area is 110 Å². The van der Waals surface area contributed by atoms with Crippen molar-refractivity contribution in [1.29, 1.82) is 0 Å². The highest BCUT2D eigenvalue weighted by molar-refractivity contribution is 5.85. The molecule has 0 saturated carbocycles. The van der Waals surface area contributed by atoms with E-state index in [1.807, 2.05) is 0 Å². The fourth-order valence-electron chi connectivity index (χ4n) is 2.46. The molecule has 0 spiro atoms. The normalized spacial score (nSPS) is 16.4. The van der Waals surface area contributed by atoms with Gasteiger partial charge in [0.15, 0.2) is 0 Å². The van der Waals surface area contributed by atoms with Crippen LogP contribution in [0.2, 0.25) is 0 Å². The smallest absolute Gasteiger partial charge is 0.122 e. The summed E-state index contributed by atoms with van der Waals surface area (Å²) in [6, 6.07) is 6.47. The molecule has 0 atom stereocenters. The molecule has 1 aliphatic rings. The summed E-state index contributed by atoms with van der Waals surface area (Å²) >= 11 is 0. The largest absolute Gasteiger partial charge is 0.496 e. The van der Waals surface area contributed by atoms with Gasteiger partial charge in [-0.2, -0.15) is 0 Å². The Hall–Kier alpha value is -0.730. The number of hydrogen-bond acceptors (Lipinski definition) is 2. The molecular weight excluding hydrogens is 234 g/mol. The van der Waals surface area contributed by atoms with Crippen LogP contribution in [0.15, 0.2) is 18.2 Å². The SMILES string of the molecule is COc1ccc(C)cc1CC1CCNCC1.Cl. The Balaban J connectivity index is 0.00000144. The molecule has 96 valence electrons. The van der Waals surface area contributed by atoms with Crippen LogP contribution in [0.25, 0.3) is 0 Å². The van der Waals surface area contributed by atoms with Crippen molar-refractivity contribution in [3.63, 3.8) is 0 Å². The molecule has 2 rings (SSSR count). The van der Waals surface area contributed by atoms with Crippen molar-refractivity contribution >= 4 is 12.4 Å². The van der Waals surface area contributed by atoms with E-state index in [1.165, 1.54) is 37.1 Å². The van der Waals surface area contributed by atoms with E-state index in [4.69, 9.17) is 4.74 Å². The summed E-state index contributed by atoms with van der Waals surface area (Å²) in [5.74, 6) is 1.86. The first-order valence-corrected chi connectivity index (χ1v) is 6.14. The number of rotatable bonds is 3. The van der Waals surface area contributed by atoms with E-state index in [-0.39, 0.29) is 12.4 Å². The van der Waals surface area contributed by atoms with E-state index >= 15 is 0 Å². The average Bonchev–Trinajstić information content (AvgIpc) is 2.31. The summed E-state index contributed by atoms with van der Waals surface area (Å²) < 4.78 is 5.43. The van der Waals surface area contributed by atoms with E-state index in [0.717, 1.165) is 18.1 Å². The maximum atomic E-state index is 5.43. The van der Waals surface area contributed by atoms with Gasteiger partial charge in [0.2, 0.25) is 0 Å². The minimum Gasteiger partial charge on any atom is -0.496 e. The van der Waals surface area contributed by atoms with E-state index < -0.39 is 0 Å². The first-order chi connectivity index (χ1) is 7.79. The Morgan fingerprint density at radius 3 is 2.65 bits per heavy atom. The Morgan fingerprint density at radius 2 is 2.00 bits per heavy atom. The molecule has 1 N–H and O–H groups in total. The maximum Gasteiger partial charge on any atom is 0.122 e. The molecule has 0 bridgehead atoms. The van der Waals surface area contributed by atoms with Crippen molar-refractivity contribution in [3.05, 3.63) is 29.3 Å². The minimum atomic E-state index is 0. The molecule has 1 saturated heterocycles. The fourth-order valence-corrected chi connectivity index (χ4v) is 2.46. The van der Waals surface area contributed by atoms with Crippen LogP contribution >= 0.6 is 12.4 Å². The lowest BCUT2D eigenvalue weighted by atomic mass is 9.90. The van der Waals surface area contributed by atoms with Gasteiger partial charge in [0.1, 0.15) is 5.75 Å². The summed E-state index contributed by atoms with van der Waals surface area (Å²) in [6.45, 7) is 4.48. The number of aryl methyl sites for hydroxylation is 1. The molecule has 0 unspecified atom stereocenters. The van der Waals surface area contributed by atoms with Crippen molar-refractivity contribution in [2.75, 3.05) is 20.2 Å². The molecule has 3 heteroatoms. The number of benzene rings is 1. The van der Waals surface area contributed by atoms with E-state index in [2.05, 4.69) is 30.4 Å². The number of hydrogen-bond donors (Lipinski definition) is 1. The first-order valence-electron chi connectivity index (χ1n) is 6.14. The lowest BCUT2D eigenvalue weighted by Crippen LogP contribution is -2.28. The molecule has 0 radical (unpaired) electrons. The van der Waals surface area contributed by atoms with Gasteiger partial charge in [-0.25, -0.2) is 0 Å². The molecule has 1 heterocycles. The van der Waals surface area contributed by atoms with Gasteiger partial charge in [0.25, 0.3) is 0 Å². The number of nitrogens with one attached hydrogen (secondary N) is 1. The van der Waals surface area contributed by atoms with Gasteiger partial charge < -0.3 is 10.1 Å². The molecule has 0 aliphatic carbocycles. The number of ether oxygens (including phenoxy) is 1. The first kappa shape index (κ1) is 14.3. The third-order valence-corrected chi connectivity index (χ3v) is 3.40. The van der Waals surface area contributed by atoms with Crippen LogP contribution < -0.4 is 10.1 Å². The number of piperidine rings is 1. The highest BCUT2D eigenvalue weighted by atomic mass is 35.5. The Bertz CT molecular complexity index is 348. The standard InChI is InChI=1S/C14H21NO.ClH/c1-11-3-4-14(16-2)13(9-11)10-12-5-7-15-8-6-12;/h3-4,9,12,15H,5-8,10H2,1-2H3;1H. The topological polar surface area (TPSA) is 21.3 Å². The lowest BCUT2D eigenvalue weighted by Gasteiger charge is -2.23. The summed E-state index contributed by atoms with van der Waals surface area (Å²) in [7, 11) is 1.76. The highest BCUT2D eigenvalue weighted by Gasteiger charge is 2.15. The molecule has 17 heavy (non-hydrogen) atoms. The van der Waals surface area contributed by atoms with Crippen molar-refractivity contribution in [2.24, 2.45) is 5.92 Å². The summed E-state index contributed by atoms with van der Waals surface area (Å²) in [5, 5.41) is 3.41. The third-order valence-electron chi connectivity index (χ3n) is 3.40. The Kier molecular flexibility index (Phi) is 5.79. The fraction of sp³-hybridized carbons (Fsp3) is 0.571. The van der Waals surface area contributed by atoms with E-state index in [9.17, 15) is 0 Å². The van der Waals surface area contributed by atoms with Gasteiger partial charge in [-0.05, 0) is 56.8 Å². The van der Waals surface area contributed by atoms with Crippen molar-refractivity contribution in [3.8, 4) is 5.75 Å². The second-order valence-electron chi connectivity index (χ2n) is 4.71. The summed E-state index contributed by atoms with van der Waals surface area (Å²) in [4.78, 5) is 0. The van der Waals surface area contributed by atoms with Gasteiger partial charge in [-0.1, -0.05) is 17.7 Å². The van der Waals surface area contributed by atoms with E-state index in [1.54, 1.807) is 7.11 Å². The second-order valence-corrected chi connectivity index (χ2v) is 4.71. The molecular formula is C14H22ClNO. The van der Waals surface area contributed by atoms with Crippen molar-refractivity contribution in [1.82, 2.24) is 5.32 Å². The molecule has 1 aromatic carbocycles. The van der Waals surface area contributed by atoms with Crippen LogP contribution in [0.4, 0.5) is 0 Å². The highest BCUT2D eigenvalue weighted by Crippen LogP contribution is 2.25. The molecule has 0 aromatic heterocycles. The molecule has 2 nitrogen and oxygen atoms in total.